The predicted molar refractivity (Wildman–Crippen MR) is 61.2 cm³/mol. The van der Waals surface area contributed by atoms with Gasteiger partial charge in [-0.1, -0.05) is 17.7 Å². The number of hydrogen-bond donors (Lipinski definition) is 2. The van der Waals surface area contributed by atoms with Gasteiger partial charge in [0.15, 0.2) is 0 Å². The van der Waals surface area contributed by atoms with E-state index < -0.39 is 0 Å². The first-order valence-electron chi connectivity index (χ1n) is 4.92. The summed E-state index contributed by atoms with van der Waals surface area (Å²) in [6, 6.07) is 3.80. The number of halogens is 1. The molecule has 0 aromatic heterocycles. The minimum Gasteiger partial charge on any atom is -0.330 e. The topological polar surface area (TPSA) is 55.1 Å². The SMILES string of the molecule is Cc1c(Cl)ccc2c1NC(=O)CC2CN. The van der Waals surface area contributed by atoms with Crippen LogP contribution in [0.5, 0.6) is 0 Å². The molecule has 15 heavy (non-hydrogen) atoms. The van der Waals surface area contributed by atoms with Gasteiger partial charge >= 0.3 is 0 Å². The summed E-state index contributed by atoms with van der Waals surface area (Å²) < 4.78 is 0. The van der Waals surface area contributed by atoms with Crippen LogP contribution >= 0.6 is 11.6 Å². The molecule has 1 atom stereocenters. The largest absolute Gasteiger partial charge is 0.330 e. The number of fused-ring (bicyclic) bond motifs is 1. The van der Waals surface area contributed by atoms with E-state index in [1.807, 2.05) is 19.1 Å². The number of rotatable bonds is 1. The van der Waals surface area contributed by atoms with Crippen LogP contribution in [-0.2, 0) is 4.79 Å². The summed E-state index contributed by atoms with van der Waals surface area (Å²) in [5.74, 6) is 0.132. The molecule has 1 amide bonds. The zero-order valence-corrected chi connectivity index (χ0v) is 9.27. The van der Waals surface area contributed by atoms with E-state index >= 15 is 0 Å². The first-order chi connectivity index (χ1) is 7.13. The third-order valence-corrected chi connectivity index (χ3v) is 3.26. The van der Waals surface area contributed by atoms with Gasteiger partial charge in [-0.3, -0.25) is 4.79 Å². The van der Waals surface area contributed by atoms with E-state index in [-0.39, 0.29) is 11.8 Å². The summed E-state index contributed by atoms with van der Waals surface area (Å²) in [5.41, 5.74) is 8.51. The Labute approximate surface area is 93.6 Å². The Bertz CT molecular complexity index is 417. The second-order valence-corrected chi connectivity index (χ2v) is 4.23. The van der Waals surface area contributed by atoms with E-state index in [1.54, 1.807) is 0 Å². The van der Waals surface area contributed by atoms with E-state index in [2.05, 4.69) is 5.32 Å². The van der Waals surface area contributed by atoms with Gasteiger partial charge in [0.25, 0.3) is 0 Å². The Kier molecular flexibility index (Phi) is 2.67. The molecule has 80 valence electrons. The van der Waals surface area contributed by atoms with Gasteiger partial charge in [-0.2, -0.15) is 0 Å². The number of carbonyl (C=O) groups is 1. The fraction of sp³-hybridized carbons (Fsp3) is 0.364. The number of hydrogen-bond acceptors (Lipinski definition) is 2. The minimum atomic E-state index is 0.0170. The van der Waals surface area contributed by atoms with Crippen molar-refractivity contribution >= 4 is 23.2 Å². The molecule has 1 aliphatic heterocycles. The lowest BCUT2D eigenvalue weighted by molar-refractivity contribution is -0.116. The Morgan fingerprint density at radius 3 is 3.00 bits per heavy atom. The van der Waals surface area contributed by atoms with E-state index in [4.69, 9.17) is 17.3 Å². The Balaban J connectivity index is 2.55. The lowest BCUT2D eigenvalue weighted by atomic mass is 9.89. The Hall–Kier alpha value is -1.06. The highest BCUT2D eigenvalue weighted by Crippen LogP contribution is 2.36. The van der Waals surface area contributed by atoms with Gasteiger partial charge in [0.1, 0.15) is 0 Å². The zero-order valence-electron chi connectivity index (χ0n) is 8.51. The van der Waals surface area contributed by atoms with Crippen LogP contribution in [0.2, 0.25) is 5.02 Å². The summed E-state index contributed by atoms with van der Waals surface area (Å²) in [5, 5.41) is 3.53. The number of nitrogens with one attached hydrogen (secondary N) is 1. The van der Waals surface area contributed by atoms with Crippen molar-refractivity contribution in [2.45, 2.75) is 19.3 Å². The van der Waals surface area contributed by atoms with E-state index in [1.165, 1.54) is 0 Å². The number of anilines is 1. The molecule has 1 aliphatic rings. The minimum absolute atomic E-state index is 0.0170. The average Bonchev–Trinajstić information content (AvgIpc) is 2.23. The first kappa shape index (κ1) is 10.5. The van der Waals surface area contributed by atoms with Crippen LogP contribution in [0.4, 0.5) is 5.69 Å². The molecule has 4 heteroatoms. The summed E-state index contributed by atoms with van der Waals surface area (Å²) in [7, 11) is 0. The molecule has 3 nitrogen and oxygen atoms in total. The second-order valence-electron chi connectivity index (χ2n) is 3.82. The predicted octanol–water partition coefficient (Wildman–Crippen LogP) is 2.03. The van der Waals surface area contributed by atoms with Crippen molar-refractivity contribution in [1.82, 2.24) is 0 Å². The van der Waals surface area contributed by atoms with Crippen molar-refractivity contribution < 1.29 is 4.79 Å². The molecule has 0 radical (unpaired) electrons. The molecule has 1 aromatic carbocycles. The fourth-order valence-electron chi connectivity index (χ4n) is 1.95. The van der Waals surface area contributed by atoms with Gasteiger partial charge in [-0.05, 0) is 30.7 Å². The number of benzene rings is 1. The van der Waals surface area contributed by atoms with Gasteiger partial charge in [0.2, 0.25) is 5.91 Å². The smallest absolute Gasteiger partial charge is 0.225 e. The lowest BCUT2D eigenvalue weighted by Gasteiger charge is -2.26. The summed E-state index contributed by atoms with van der Waals surface area (Å²) in [6.45, 7) is 2.39. The number of amides is 1. The highest BCUT2D eigenvalue weighted by atomic mass is 35.5. The molecule has 1 aromatic rings. The van der Waals surface area contributed by atoms with Crippen LogP contribution in [-0.4, -0.2) is 12.5 Å². The fourth-order valence-corrected chi connectivity index (χ4v) is 2.11. The highest BCUT2D eigenvalue weighted by molar-refractivity contribution is 6.31. The third kappa shape index (κ3) is 1.73. The number of carbonyl (C=O) groups excluding carboxylic acids is 1. The molecule has 0 aliphatic carbocycles. The molecule has 3 N–H and O–H groups in total. The van der Waals surface area contributed by atoms with Crippen LogP contribution in [0.25, 0.3) is 0 Å². The van der Waals surface area contributed by atoms with Crippen LogP contribution in [0.3, 0.4) is 0 Å². The monoisotopic (exact) mass is 224 g/mol. The maximum Gasteiger partial charge on any atom is 0.225 e. The highest BCUT2D eigenvalue weighted by Gasteiger charge is 2.25. The quantitative estimate of drug-likeness (QED) is 0.767. The van der Waals surface area contributed by atoms with E-state index in [9.17, 15) is 4.79 Å². The molecular weight excluding hydrogens is 212 g/mol. The maximum absolute atomic E-state index is 11.4. The molecule has 1 heterocycles. The Morgan fingerprint density at radius 2 is 2.33 bits per heavy atom. The summed E-state index contributed by atoms with van der Waals surface area (Å²) in [4.78, 5) is 11.4. The van der Waals surface area contributed by atoms with Gasteiger partial charge < -0.3 is 11.1 Å². The molecule has 0 fully saturated rings. The maximum atomic E-state index is 11.4. The van der Waals surface area contributed by atoms with Crippen LogP contribution < -0.4 is 11.1 Å². The average molecular weight is 225 g/mol. The van der Waals surface area contributed by atoms with Crippen LogP contribution in [0, 0.1) is 6.92 Å². The molecule has 0 spiro atoms. The molecular formula is C11H13ClN2O. The zero-order chi connectivity index (χ0) is 11.0. The standard InChI is InChI=1S/C11H13ClN2O/c1-6-9(12)3-2-8-7(5-13)4-10(15)14-11(6)8/h2-3,7H,4-5,13H2,1H3,(H,14,15). The Morgan fingerprint density at radius 1 is 1.60 bits per heavy atom. The summed E-state index contributed by atoms with van der Waals surface area (Å²) in [6.07, 6.45) is 0.463. The van der Waals surface area contributed by atoms with E-state index in [0.29, 0.717) is 18.0 Å². The van der Waals surface area contributed by atoms with Crippen LogP contribution in [0.15, 0.2) is 12.1 Å². The number of nitrogens with two attached hydrogens (primary N) is 1. The molecule has 0 saturated heterocycles. The normalized spacial score (nSPS) is 19.7. The van der Waals surface area contributed by atoms with Gasteiger partial charge in [-0.15, -0.1) is 0 Å². The van der Waals surface area contributed by atoms with Crippen LogP contribution in [0.1, 0.15) is 23.5 Å². The molecule has 2 rings (SSSR count). The van der Waals surface area contributed by atoms with Gasteiger partial charge in [0.05, 0.1) is 0 Å². The van der Waals surface area contributed by atoms with Gasteiger partial charge in [-0.25, -0.2) is 0 Å². The molecule has 1 unspecified atom stereocenters. The molecule has 0 bridgehead atoms. The van der Waals surface area contributed by atoms with Crippen molar-refractivity contribution in [3.63, 3.8) is 0 Å². The third-order valence-electron chi connectivity index (χ3n) is 2.85. The first-order valence-corrected chi connectivity index (χ1v) is 5.30. The van der Waals surface area contributed by atoms with Crippen molar-refractivity contribution in [1.29, 1.82) is 0 Å². The van der Waals surface area contributed by atoms with Crippen molar-refractivity contribution in [3.8, 4) is 0 Å². The van der Waals surface area contributed by atoms with E-state index in [0.717, 1.165) is 16.8 Å². The lowest BCUT2D eigenvalue weighted by Crippen LogP contribution is -2.27. The van der Waals surface area contributed by atoms with Gasteiger partial charge in [0, 0.05) is 23.0 Å². The second kappa shape index (κ2) is 3.83. The van der Waals surface area contributed by atoms with Crippen molar-refractivity contribution in [2.75, 3.05) is 11.9 Å². The van der Waals surface area contributed by atoms with Crippen molar-refractivity contribution in [3.05, 3.63) is 28.3 Å². The van der Waals surface area contributed by atoms with Crippen molar-refractivity contribution in [2.24, 2.45) is 5.73 Å². The molecule has 0 saturated carbocycles. The summed E-state index contributed by atoms with van der Waals surface area (Å²) >= 11 is 6.00.